The Morgan fingerprint density at radius 1 is 0.317 bits per heavy atom. The largest absolute Gasteiger partial charge is 0.309 e. The molecule has 0 saturated carbocycles. The summed E-state index contributed by atoms with van der Waals surface area (Å²) < 4.78 is 7.34. The van der Waals surface area contributed by atoms with Gasteiger partial charge in [-0.3, -0.25) is 0 Å². The molecular formula is C38H23N3. The van der Waals surface area contributed by atoms with E-state index in [-0.39, 0.29) is 0 Å². The monoisotopic (exact) mass is 521 g/mol. The average Bonchev–Trinajstić information content (AvgIpc) is 3.75. The first kappa shape index (κ1) is 21.3. The number of benzene rings is 5. The van der Waals surface area contributed by atoms with E-state index in [1.165, 1.54) is 82.3 Å². The summed E-state index contributed by atoms with van der Waals surface area (Å²) in [6, 6.07) is 50.8. The summed E-state index contributed by atoms with van der Waals surface area (Å²) in [6.45, 7) is 0. The number of fused-ring (bicyclic) bond motifs is 11. The van der Waals surface area contributed by atoms with E-state index in [2.05, 4.69) is 153 Å². The molecule has 0 N–H and O–H groups in total. The summed E-state index contributed by atoms with van der Waals surface area (Å²) >= 11 is 0. The van der Waals surface area contributed by atoms with Crippen LogP contribution in [0.4, 0.5) is 0 Å². The molecule has 0 aliphatic rings. The molecule has 0 aliphatic heterocycles. The lowest BCUT2D eigenvalue weighted by molar-refractivity contribution is 1.17. The van der Waals surface area contributed by atoms with Crippen molar-refractivity contribution in [3.63, 3.8) is 0 Å². The first-order valence-corrected chi connectivity index (χ1v) is 14.1. The summed E-state index contributed by atoms with van der Waals surface area (Å²) in [6.07, 6.45) is 0. The zero-order chi connectivity index (χ0) is 26.7. The fraction of sp³-hybridized carbons (Fsp3) is 0. The SMILES string of the molecule is c1ccc(-n2c3ccccc3c3cc(-n4c5ccccc5c5c4c4c6ccccc6c6cccc5n64)ccc32)cc1. The van der Waals surface area contributed by atoms with E-state index >= 15 is 0 Å². The molecule has 190 valence electrons. The van der Waals surface area contributed by atoms with E-state index in [1.54, 1.807) is 0 Å². The van der Waals surface area contributed by atoms with Crippen molar-refractivity contribution < 1.29 is 0 Å². The van der Waals surface area contributed by atoms with E-state index in [9.17, 15) is 0 Å². The van der Waals surface area contributed by atoms with E-state index in [0.29, 0.717) is 0 Å². The zero-order valence-corrected chi connectivity index (χ0v) is 22.1. The van der Waals surface area contributed by atoms with E-state index < -0.39 is 0 Å². The minimum absolute atomic E-state index is 1.18. The van der Waals surface area contributed by atoms with Gasteiger partial charge in [-0.25, -0.2) is 0 Å². The van der Waals surface area contributed by atoms with Gasteiger partial charge in [0.05, 0.1) is 38.6 Å². The quantitative estimate of drug-likeness (QED) is 0.215. The summed E-state index contributed by atoms with van der Waals surface area (Å²) in [5.74, 6) is 0. The third kappa shape index (κ3) is 2.59. The van der Waals surface area contributed by atoms with Crippen molar-refractivity contribution in [2.75, 3.05) is 0 Å². The molecule has 41 heavy (non-hydrogen) atoms. The van der Waals surface area contributed by atoms with Crippen LogP contribution in [0.25, 0.3) is 82.3 Å². The minimum Gasteiger partial charge on any atom is -0.309 e. The van der Waals surface area contributed by atoms with Gasteiger partial charge in [0, 0.05) is 43.7 Å². The van der Waals surface area contributed by atoms with Gasteiger partial charge in [-0.05, 0) is 54.6 Å². The van der Waals surface area contributed by atoms with Gasteiger partial charge < -0.3 is 13.5 Å². The lowest BCUT2D eigenvalue weighted by Crippen LogP contribution is -1.95. The molecule has 3 heteroatoms. The van der Waals surface area contributed by atoms with Gasteiger partial charge in [0.25, 0.3) is 0 Å². The Bertz CT molecular complexity index is 2630. The van der Waals surface area contributed by atoms with Crippen LogP contribution in [0, 0.1) is 0 Å². The molecule has 0 atom stereocenters. The molecule has 0 saturated heterocycles. The van der Waals surface area contributed by atoms with Crippen LogP contribution in [0.5, 0.6) is 0 Å². The molecule has 0 radical (unpaired) electrons. The Morgan fingerprint density at radius 2 is 0.902 bits per heavy atom. The van der Waals surface area contributed by atoms with Gasteiger partial charge in [0.15, 0.2) is 0 Å². The smallest absolute Gasteiger partial charge is 0.0810 e. The van der Waals surface area contributed by atoms with Crippen molar-refractivity contribution in [3.05, 3.63) is 140 Å². The maximum atomic E-state index is 2.49. The fourth-order valence-electron chi connectivity index (χ4n) is 7.37. The molecule has 0 spiro atoms. The Balaban J connectivity index is 1.39. The van der Waals surface area contributed by atoms with E-state index in [0.717, 1.165) is 0 Å². The normalized spacial score (nSPS) is 12.4. The Labute approximate surface area is 235 Å². The molecule has 5 aromatic carbocycles. The van der Waals surface area contributed by atoms with Crippen LogP contribution in [0.3, 0.4) is 0 Å². The maximum absolute atomic E-state index is 2.49. The Hall–Kier alpha value is -5.54. The van der Waals surface area contributed by atoms with Crippen molar-refractivity contribution in [2.24, 2.45) is 0 Å². The van der Waals surface area contributed by atoms with Crippen molar-refractivity contribution in [1.82, 2.24) is 13.5 Å². The van der Waals surface area contributed by atoms with Crippen LogP contribution in [0.2, 0.25) is 0 Å². The van der Waals surface area contributed by atoms with Gasteiger partial charge in [-0.1, -0.05) is 84.9 Å². The van der Waals surface area contributed by atoms with Gasteiger partial charge in [-0.15, -0.1) is 0 Å². The highest BCUT2D eigenvalue weighted by molar-refractivity contribution is 6.29. The second kappa shape index (κ2) is 7.56. The lowest BCUT2D eigenvalue weighted by Gasteiger charge is -2.10. The number of pyridine rings is 1. The highest BCUT2D eigenvalue weighted by Gasteiger charge is 2.24. The second-order valence-corrected chi connectivity index (χ2v) is 11.0. The zero-order valence-electron chi connectivity index (χ0n) is 22.1. The molecule has 0 fully saturated rings. The van der Waals surface area contributed by atoms with Crippen molar-refractivity contribution in [2.45, 2.75) is 0 Å². The molecular weight excluding hydrogens is 498 g/mol. The fourth-order valence-corrected chi connectivity index (χ4v) is 7.37. The summed E-state index contributed by atoms with van der Waals surface area (Å²) in [7, 11) is 0. The van der Waals surface area contributed by atoms with Crippen LogP contribution >= 0.6 is 0 Å². The van der Waals surface area contributed by atoms with E-state index in [4.69, 9.17) is 0 Å². The number of rotatable bonds is 2. The topological polar surface area (TPSA) is 14.3 Å². The van der Waals surface area contributed by atoms with Crippen molar-refractivity contribution in [1.29, 1.82) is 0 Å². The summed E-state index contributed by atoms with van der Waals surface area (Å²) in [5, 5.41) is 7.72. The predicted octanol–water partition coefficient (Wildman–Crippen LogP) is 9.88. The van der Waals surface area contributed by atoms with Crippen LogP contribution in [-0.4, -0.2) is 13.5 Å². The highest BCUT2D eigenvalue weighted by atomic mass is 15.0. The molecule has 10 rings (SSSR count). The molecule has 10 aromatic rings. The van der Waals surface area contributed by atoms with Crippen LogP contribution in [-0.2, 0) is 0 Å². The third-order valence-electron chi connectivity index (χ3n) is 8.96. The standard InChI is InChI=1S/C38H23N3/c1-2-11-24(12-3-1)39-31-17-8-6-14-27(31)30-23-25(21-22-34(30)39)40-33-18-9-7-16-29(33)36-35-20-10-19-32-26-13-4-5-15-28(26)37(38(36)40)41(32)35/h1-23H. The molecule has 5 aromatic heterocycles. The summed E-state index contributed by atoms with van der Waals surface area (Å²) in [4.78, 5) is 0. The maximum Gasteiger partial charge on any atom is 0.0810 e. The molecule has 0 amide bonds. The average molecular weight is 522 g/mol. The van der Waals surface area contributed by atoms with Crippen molar-refractivity contribution in [3.8, 4) is 11.4 Å². The number of para-hydroxylation sites is 3. The van der Waals surface area contributed by atoms with Gasteiger partial charge in [0.2, 0.25) is 0 Å². The number of hydrogen-bond donors (Lipinski definition) is 0. The second-order valence-electron chi connectivity index (χ2n) is 11.0. The Kier molecular flexibility index (Phi) is 3.93. The minimum atomic E-state index is 1.18. The van der Waals surface area contributed by atoms with Gasteiger partial charge in [-0.2, -0.15) is 0 Å². The van der Waals surface area contributed by atoms with Gasteiger partial charge >= 0.3 is 0 Å². The van der Waals surface area contributed by atoms with Crippen LogP contribution in [0.1, 0.15) is 0 Å². The summed E-state index contributed by atoms with van der Waals surface area (Å²) in [5.41, 5.74) is 11.1. The highest BCUT2D eigenvalue weighted by Crippen LogP contribution is 2.45. The lowest BCUT2D eigenvalue weighted by atomic mass is 10.1. The first-order valence-electron chi connectivity index (χ1n) is 14.1. The number of nitrogens with zero attached hydrogens (tertiary/aromatic N) is 3. The van der Waals surface area contributed by atoms with Gasteiger partial charge in [0.1, 0.15) is 0 Å². The molecule has 0 bridgehead atoms. The van der Waals surface area contributed by atoms with E-state index in [1.807, 2.05) is 0 Å². The molecule has 0 aliphatic carbocycles. The Morgan fingerprint density at radius 3 is 1.71 bits per heavy atom. The third-order valence-corrected chi connectivity index (χ3v) is 8.96. The van der Waals surface area contributed by atoms with Crippen molar-refractivity contribution >= 4 is 70.9 Å². The van der Waals surface area contributed by atoms with Crippen LogP contribution < -0.4 is 0 Å². The first-order chi connectivity index (χ1) is 20.4. The number of aromatic nitrogens is 3. The van der Waals surface area contributed by atoms with Crippen LogP contribution in [0.15, 0.2) is 140 Å². The molecule has 0 unspecified atom stereocenters. The molecule has 5 heterocycles. The number of hydrogen-bond acceptors (Lipinski definition) is 0. The molecule has 3 nitrogen and oxygen atoms in total. The predicted molar refractivity (Wildman–Crippen MR) is 172 cm³/mol.